The summed E-state index contributed by atoms with van der Waals surface area (Å²) in [6, 6.07) is 9.16. The van der Waals surface area contributed by atoms with E-state index in [1.54, 1.807) is 0 Å². The molecule has 5 nitrogen and oxygen atoms in total. The molecule has 1 fully saturated rings. The Morgan fingerprint density at radius 3 is 2.79 bits per heavy atom. The van der Waals surface area contributed by atoms with Crippen LogP contribution in [0.2, 0.25) is 0 Å². The van der Waals surface area contributed by atoms with E-state index in [1.807, 2.05) is 25.2 Å². The summed E-state index contributed by atoms with van der Waals surface area (Å²) in [7, 11) is 1.82. The van der Waals surface area contributed by atoms with Gasteiger partial charge in [-0.2, -0.15) is 0 Å². The zero-order valence-electron chi connectivity index (χ0n) is 15.7. The van der Waals surface area contributed by atoms with Crippen LogP contribution in [0.4, 0.5) is 0 Å². The van der Waals surface area contributed by atoms with E-state index in [1.165, 1.54) is 5.56 Å². The molecule has 0 aromatic heterocycles. The summed E-state index contributed by atoms with van der Waals surface area (Å²) in [5.41, 5.74) is 1.21. The summed E-state index contributed by atoms with van der Waals surface area (Å²) in [6.45, 7) is 12.4. The van der Waals surface area contributed by atoms with Crippen molar-refractivity contribution in [3.63, 3.8) is 0 Å². The third-order valence-electron chi connectivity index (χ3n) is 4.57. The topological polar surface area (TPSA) is 48.9 Å². The number of guanidine groups is 1. The first-order chi connectivity index (χ1) is 11.5. The van der Waals surface area contributed by atoms with E-state index in [4.69, 9.17) is 4.74 Å². The van der Waals surface area contributed by atoms with Crippen LogP contribution in [-0.2, 0) is 0 Å². The number of nitrogens with one attached hydrogen (secondary N) is 2. The summed E-state index contributed by atoms with van der Waals surface area (Å²) >= 11 is 0. The Morgan fingerprint density at radius 2 is 2.17 bits per heavy atom. The Bertz CT molecular complexity index is 544. The Hall–Kier alpha value is -1.75. The minimum atomic E-state index is 0.441. The predicted octanol–water partition coefficient (Wildman–Crippen LogP) is 2.27. The van der Waals surface area contributed by atoms with Crippen molar-refractivity contribution in [2.24, 2.45) is 10.9 Å². The van der Waals surface area contributed by atoms with Gasteiger partial charge in [0.25, 0.3) is 0 Å². The third kappa shape index (κ3) is 5.41. The first-order valence-electron chi connectivity index (χ1n) is 8.90. The SMILES string of the molecule is CN=C(NCCOc1cccc(C)c1)NC1CN(C(C)C)CC1C. The van der Waals surface area contributed by atoms with Gasteiger partial charge in [0.1, 0.15) is 12.4 Å². The number of hydrogen-bond acceptors (Lipinski definition) is 3. The molecule has 1 saturated heterocycles. The normalized spacial score (nSPS) is 22.0. The molecule has 2 rings (SSSR count). The number of nitrogens with zero attached hydrogens (tertiary/aromatic N) is 2. The van der Waals surface area contributed by atoms with Gasteiger partial charge in [0.2, 0.25) is 0 Å². The molecule has 0 amide bonds. The van der Waals surface area contributed by atoms with E-state index in [0.717, 1.165) is 31.3 Å². The minimum Gasteiger partial charge on any atom is -0.492 e. The van der Waals surface area contributed by atoms with Crippen LogP contribution in [0.3, 0.4) is 0 Å². The van der Waals surface area contributed by atoms with E-state index in [2.05, 4.69) is 54.3 Å². The van der Waals surface area contributed by atoms with Crippen molar-refractivity contribution >= 4 is 5.96 Å². The zero-order valence-corrected chi connectivity index (χ0v) is 15.7. The van der Waals surface area contributed by atoms with E-state index in [9.17, 15) is 0 Å². The lowest BCUT2D eigenvalue weighted by Crippen LogP contribution is -2.47. The maximum atomic E-state index is 5.77. The molecule has 1 aromatic rings. The van der Waals surface area contributed by atoms with Crippen molar-refractivity contribution < 1.29 is 4.74 Å². The molecule has 2 atom stereocenters. The van der Waals surface area contributed by atoms with Crippen molar-refractivity contribution in [2.45, 2.75) is 39.8 Å². The fourth-order valence-electron chi connectivity index (χ4n) is 3.03. The minimum absolute atomic E-state index is 0.441. The van der Waals surface area contributed by atoms with Gasteiger partial charge < -0.3 is 15.4 Å². The molecule has 1 aliphatic heterocycles. The highest BCUT2D eigenvalue weighted by atomic mass is 16.5. The molecule has 0 aliphatic carbocycles. The quantitative estimate of drug-likeness (QED) is 0.477. The largest absolute Gasteiger partial charge is 0.492 e. The highest BCUT2D eigenvalue weighted by molar-refractivity contribution is 5.80. The van der Waals surface area contributed by atoms with Crippen LogP contribution in [-0.4, -0.2) is 56.2 Å². The van der Waals surface area contributed by atoms with E-state index >= 15 is 0 Å². The van der Waals surface area contributed by atoms with E-state index < -0.39 is 0 Å². The number of likely N-dealkylation sites (tertiary alicyclic amines) is 1. The van der Waals surface area contributed by atoms with Gasteiger partial charge in [0.05, 0.1) is 6.54 Å². The average Bonchev–Trinajstić information content (AvgIpc) is 2.91. The van der Waals surface area contributed by atoms with Crippen LogP contribution < -0.4 is 15.4 Å². The number of aliphatic imine (C=N–C) groups is 1. The molecule has 1 aliphatic rings. The molecule has 0 radical (unpaired) electrons. The second-order valence-corrected chi connectivity index (χ2v) is 6.94. The molecule has 0 saturated carbocycles. The maximum Gasteiger partial charge on any atom is 0.191 e. The second-order valence-electron chi connectivity index (χ2n) is 6.94. The van der Waals surface area contributed by atoms with Gasteiger partial charge in [0, 0.05) is 32.2 Å². The Labute approximate surface area is 146 Å². The van der Waals surface area contributed by atoms with Gasteiger partial charge in [-0.25, -0.2) is 0 Å². The van der Waals surface area contributed by atoms with Gasteiger partial charge >= 0.3 is 0 Å². The second kappa shape index (κ2) is 8.92. The fourth-order valence-corrected chi connectivity index (χ4v) is 3.03. The molecule has 0 bridgehead atoms. The van der Waals surface area contributed by atoms with Crippen molar-refractivity contribution in [3.05, 3.63) is 29.8 Å². The number of ether oxygens (including phenoxy) is 1. The molecule has 1 heterocycles. The molecule has 1 aromatic carbocycles. The lowest BCUT2D eigenvalue weighted by atomic mass is 10.1. The summed E-state index contributed by atoms with van der Waals surface area (Å²) in [6.07, 6.45) is 0. The average molecular weight is 332 g/mol. The molecule has 24 heavy (non-hydrogen) atoms. The van der Waals surface area contributed by atoms with Crippen molar-refractivity contribution in [2.75, 3.05) is 33.3 Å². The standard InChI is InChI=1S/C19H32N4O/c1-14(2)23-12-16(4)18(13-23)22-19(20-5)21-9-10-24-17-8-6-7-15(3)11-17/h6-8,11,14,16,18H,9-10,12-13H2,1-5H3,(H2,20,21,22). The van der Waals surface area contributed by atoms with Crippen molar-refractivity contribution in [1.82, 2.24) is 15.5 Å². The Morgan fingerprint density at radius 1 is 1.38 bits per heavy atom. The highest BCUT2D eigenvalue weighted by Gasteiger charge is 2.31. The van der Waals surface area contributed by atoms with Gasteiger partial charge in [-0.15, -0.1) is 0 Å². The van der Waals surface area contributed by atoms with Gasteiger partial charge in [-0.1, -0.05) is 19.1 Å². The van der Waals surface area contributed by atoms with Crippen LogP contribution in [0, 0.1) is 12.8 Å². The summed E-state index contributed by atoms with van der Waals surface area (Å²) in [4.78, 5) is 6.85. The van der Waals surface area contributed by atoms with Gasteiger partial charge in [-0.3, -0.25) is 9.89 Å². The number of rotatable bonds is 6. The van der Waals surface area contributed by atoms with Crippen molar-refractivity contribution in [3.8, 4) is 5.75 Å². The Kier molecular flexibility index (Phi) is 6.91. The maximum absolute atomic E-state index is 5.77. The number of hydrogen-bond donors (Lipinski definition) is 2. The van der Waals surface area contributed by atoms with Gasteiger partial charge in [0.15, 0.2) is 5.96 Å². The summed E-state index contributed by atoms with van der Waals surface area (Å²) in [5.74, 6) is 2.39. The molecular weight excluding hydrogens is 300 g/mol. The Balaban J connectivity index is 1.73. The fraction of sp³-hybridized carbons (Fsp3) is 0.632. The van der Waals surface area contributed by atoms with E-state index in [0.29, 0.717) is 24.6 Å². The van der Waals surface area contributed by atoms with Gasteiger partial charge in [-0.05, 0) is 44.4 Å². The van der Waals surface area contributed by atoms with Crippen LogP contribution in [0.15, 0.2) is 29.3 Å². The van der Waals surface area contributed by atoms with Crippen LogP contribution in [0.25, 0.3) is 0 Å². The number of benzene rings is 1. The van der Waals surface area contributed by atoms with Crippen LogP contribution >= 0.6 is 0 Å². The predicted molar refractivity (Wildman–Crippen MR) is 101 cm³/mol. The molecule has 0 spiro atoms. The zero-order chi connectivity index (χ0) is 17.5. The molecule has 134 valence electrons. The first kappa shape index (κ1) is 18.6. The first-order valence-corrected chi connectivity index (χ1v) is 8.90. The smallest absolute Gasteiger partial charge is 0.191 e. The van der Waals surface area contributed by atoms with E-state index in [-0.39, 0.29) is 0 Å². The monoisotopic (exact) mass is 332 g/mol. The molecule has 2 N–H and O–H groups in total. The third-order valence-corrected chi connectivity index (χ3v) is 4.57. The van der Waals surface area contributed by atoms with Crippen molar-refractivity contribution in [1.29, 1.82) is 0 Å². The van der Waals surface area contributed by atoms with Crippen LogP contribution in [0.5, 0.6) is 5.75 Å². The highest BCUT2D eigenvalue weighted by Crippen LogP contribution is 2.18. The summed E-state index contributed by atoms with van der Waals surface area (Å²) < 4.78 is 5.77. The number of aryl methyl sites for hydroxylation is 1. The summed E-state index contributed by atoms with van der Waals surface area (Å²) in [5, 5.41) is 6.89. The molecule has 5 heteroatoms. The lowest BCUT2D eigenvalue weighted by molar-refractivity contribution is 0.265. The van der Waals surface area contributed by atoms with Crippen LogP contribution in [0.1, 0.15) is 26.3 Å². The molecule has 2 unspecified atom stereocenters. The lowest BCUT2D eigenvalue weighted by Gasteiger charge is -2.22. The molecular formula is C19H32N4O.